The Kier molecular flexibility index (Phi) is 4.15. The highest BCUT2D eigenvalue weighted by Gasteiger charge is 2.10. The molecule has 0 unspecified atom stereocenters. The number of carbonyl (C=O) groups is 1. The standard InChI is InChI=1S/C13H7BrClN3O/c14-12-3-1-2-11(17-12)13(19)18-10-5-4-8(7-16)6-9(10)15/h1-6H,(H,18,19). The maximum atomic E-state index is 12.0. The fourth-order valence-corrected chi connectivity index (χ4v) is 1.98. The summed E-state index contributed by atoms with van der Waals surface area (Å²) in [6.45, 7) is 0. The van der Waals surface area contributed by atoms with E-state index in [9.17, 15) is 4.79 Å². The third-order valence-corrected chi connectivity index (χ3v) is 3.05. The summed E-state index contributed by atoms with van der Waals surface area (Å²) in [7, 11) is 0. The first-order valence-electron chi connectivity index (χ1n) is 5.23. The van der Waals surface area contributed by atoms with E-state index in [-0.39, 0.29) is 11.6 Å². The lowest BCUT2D eigenvalue weighted by Gasteiger charge is -2.07. The summed E-state index contributed by atoms with van der Waals surface area (Å²) in [6, 6.07) is 11.7. The molecule has 0 fully saturated rings. The van der Waals surface area contributed by atoms with Crippen molar-refractivity contribution in [2.24, 2.45) is 0 Å². The summed E-state index contributed by atoms with van der Waals surface area (Å²) in [5.74, 6) is -0.368. The van der Waals surface area contributed by atoms with Crippen molar-refractivity contribution in [3.63, 3.8) is 0 Å². The predicted molar refractivity (Wildman–Crippen MR) is 76.1 cm³/mol. The summed E-state index contributed by atoms with van der Waals surface area (Å²) in [5, 5.41) is 11.7. The van der Waals surface area contributed by atoms with Gasteiger partial charge in [0.05, 0.1) is 22.3 Å². The lowest BCUT2D eigenvalue weighted by atomic mass is 10.2. The van der Waals surface area contributed by atoms with Gasteiger partial charge < -0.3 is 5.32 Å². The van der Waals surface area contributed by atoms with Crippen LogP contribution in [-0.4, -0.2) is 10.9 Å². The molecule has 0 aliphatic carbocycles. The van der Waals surface area contributed by atoms with Crippen molar-refractivity contribution in [2.45, 2.75) is 0 Å². The maximum Gasteiger partial charge on any atom is 0.274 e. The molecule has 1 aromatic carbocycles. The lowest BCUT2D eigenvalue weighted by Crippen LogP contribution is -2.13. The van der Waals surface area contributed by atoms with E-state index >= 15 is 0 Å². The average molecular weight is 337 g/mol. The minimum absolute atomic E-state index is 0.273. The molecule has 0 bridgehead atoms. The van der Waals surface area contributed by atoms with Crippen molar-refractivity contribution < 1.29 is 4.79 Å². The summed E-state index contributed by atoms with van der Waals surface area (Å²) >= 11 is 9.17. The Morgan fingerprint density at radius 2 is 2.16 bits per heavy atom. The molecule has 0 radical (unpaired) electrons. The molecule has 2 aromatic rings. The number of nitrogens with zero attached hydrogens (tertiary/aromatic N) is 2. The molecule has 0 saturated heterocycles. The molecule has 1 heterocycles. The fraction of sp³-hybridized carbons (Fsp3) is 0. The zero-order valence-corrected chi connectivity index (χ0v) is 11.9. The van der Waals surface area contributed by atoms with Crippen LogP contribution in [0.15, 0.2) is 41.0 Å². The molecule has 0 atom stereocenters. The molecule has 0 aliphatic heterocycles. The van der Waals surface area contributed by atoms with E-state index in [2.05, 4.69) is 26.2 Å². The van der Waals surface area contributed by atoms with Crippen LogP contribution in [0.1, 0.15) is 16.1 Å². The van der Waals surface area contributed by atoms with Crippen LogP contribution in [0, 0.1) is 11.3 Å². The molecule has 4 nitrogen and oxygen atoms in total. The largest absolute Gasteiger partial charge is 0.319 e. The molecule has 1 aromatic heterocycles. The third-order valence-electron chi connectivity index (χ3n) is 2.29. The van der Waals surface area contributed by atoms with Crippen LogP contribution in [-0.2, 0) is 0 Å². The van der Waals surface area contributed by atoms with Crippen molar-refractivity contribution in [2.75, 3.05) is 5.32 Å². The Morgan fingerprint density at radius 1 is 1.37 bits per heavy atom. The van der Waals surface area contributed by atoms with Gasteiger partial charge in [-0.15, -0.1) is 0 Å². The van der Waals surface area contributed by atoms with E-state index in [4.69, 9.17) is 16.9 Å². The second-order valence-corrected chi connectivity index (χ2v) is 4.83. The molecule has 0 saturated carbocycles. The Morgan fingerprint density at radius 3 is 2.79 bits per heavy atom. The van der Waals surface area contributed by atoms with E-state index < -0.39 is 0 Å². The topological polar surface area (TPSA) is 65.8 Å². The Hall–Kier alpha value is -1.90. The van der Waals surface area contributed by atoms with Crippen LogP contribution in [0.3, 0.4) is 0 Å². The smallest absolute Gasteiger partial charge is 0.274 e. The Labute approximate surface area is 123 Å². The third kappa shape index (κ3) is 3.31. The highest BCUT2D eigenvalue weighted by atomic mass is 79.9. The first kappa shape index (κ1) is 13.5. The molecule has 6 heteroatoms. The van der Waals surface area contributed by atoms with Gasteiger partial charge in [-0.3, -0.25) is 4.79 Å². The number of rotatable bonds is 2. The Balaban J connectivity index is 2.22. The van der Waals surface area contributed by atoms with Crippen LogP contribution in [0.5, 0.6) is 0 Å². The van der Waals surface area contributed by atoms with Crippen LogP contribution in [0.2, 0.25) is 5.02 Å². The minimum Gasteiger partial charge on any atom is -0.319 e. The molecule has 0 spiro atoms. The molecule has 0 aliphatic rings. The van der Waals surface area contributed by atoms with Crippen LogP contribution in [0.25, 0.3) is 0 Å². The summed E-state index contributed by atoms with van der Waals surface area (Å²) in [6.07, 6.45) is 0. The van der Waals surface area contributed by atoms with E-state index in [1.54, 1.807) is 30.3 Å². The SMILES string of the molecule is N#Cc1ccc(NC(=O)c2cccc(Br)n2)c(Cl)c1. The van der Waals surface area contributed by atoms with Crippen molar-refractivity contribution in [3.8, 4) is 6.07 Å². The van der Waals surface area contributed by atoms with Crippen LogP contribution < -0.4 is 5.32 Å². The quantitative estimate of drug-likeness (QED) is 0.852. The number of benzene rings is 1. The molecule has 2 rings (SSSR count). The first-order valence-corrected chi connectivity index (χ1v) is 6.41. The molecular weight excluding hydrogens is 330 g/mol. The number of carbonyl (C=O) groups excluding carboxylic acids is 1. The molecule has 1 N–H and O–H groups in total. The number of nitrogens with one attached hydrogen (secondary N) is 1. The number of amides is 1. The zero-order chi connectivity index (χ0) is 13.8. The average Bonchev–Trinajstić information content (AvgIpc) is 2.41. The van der Waals surface area contributed by atoms with Gasteiger partial charge in [-0.05, 0) is 46.3 Å². The first-order chi connectivity index (χ1) is 9.10. The minimum atomic E-state index is -0.368. The highest BCUT2D eigenvalue weighted by Crippen LogP contribution is 2.23. The van der Waals surface area contributed by atoms with Crippen molar-refractivity contribution in [1.82, 2.24) is 4.98 Å². The molecule has 1 amide bonds. The second kappa shape index (κ2) is 5.83. The summed E-state index contributed by atoms with van der Waals surface area (Å²) in [4.78, 5) is 16.0. The molecular formula is C13H7BrClN3O. The van der Waals surface area contributed by atoms with E-state index in [1.807, 2.05) is 6.07 Å². The number of hydrogen-bond donors (Lipinski definition) is 1. The Bertz CT molecular complexity index is 682. The number of pyridine rings is 1. The van der Waals surface area contributed by atoms with Crippen molar-refractivity contribution in [3.05, 3.63) is 57.3 Å². The van der Waals surface area contributed by atoms with Gasteiger partial charge in [0.1, 0.15) is 10.3 Å². The molecule has 94 valence electrons. The van der Waals surface area contributed by atoms with Crippen LogP contribution >= 0.6 is 27.5 Å². The van der Waals surface area contributed by atoms with Gasteiger partial charge in [-0.2, -0.15) is 5.26 Å². The summed E-state index contributed by atoms with van der Waals surface area (Å²) in [5.41, 5.74) is 1.14. The maximum absolute atomic E-state index is 12.0. The van der Waals surface area contributed by atoms with Gasteiger partial charge in [-0.1, -0.05) is 17.7 Å². The van der Waals surface area contributed by atoms with Gasteiger partial charge in [0.2, 0.25) is 0 Å². The second-order valence-electron chi connectivity index (χ2n) is 3.61. The van der Waals surface area contributed by atoms with Gasteiger partial charge in [0, 0.05) is 0 Å². The van der Waals surface area contributed by atoms with Gasteiger partial charge >= 0.3 is 0 Å². The van der Waals surface area contributed by atoms with Crippen molar-refractivity contribution in [1.29, 1.82) is 5.26 Å². The monoisotopic (exact) mass is 335 g/mol. The normalized spacial score (nSPS) is 9.74. The summed E-state index contributed by atoms with van der Waals surface area (Å²) < 4.78 is 0.575. The van der Waals surface area contributed by atoms with E-state index in [1.165, 1.54) is 6.07 Å². The van der Waals surface area contributed by atoms with E-state index in [0.29, 0.717) is 20.9 Å². The van der Waals surface area contributed by atoms with E-state index in [0.717, 1.165) is 0 Å². The molecule has 19 heavy (non-hydrogen) atoms. The van der Waals surface area contributed by atoms with Gasteiger partial charge in [-0.25, -0.2) is 4.98 Å². The predicted octanol–water partition coefficient (Wildman–Crippen LogP) is 3.62. The number of anilines is 1. The van der Waals surface area contributed by atoms with Gasteiger partial charge in [0.25, 0.3) is 5.91 Å². The van der Waals surface area contributed by atoms with Crippen LogP contribution in [0.4, 0.5) is 5.69 Å². The number of halogens is 2. The highest BCUT2D eigenvalue weighted by molar-refractivity contribution is 9.10. The zero-order valence-electron chi connectivity index (χ0n) is 9.52. The number of hydrogen-bond acceptors (Lipinski definition) is 3. The fourth-order valence-electron chi connectivity index (χ4n) is 1.41. The van der Waals surface area contributed by atoms with Gasteiger partial charge in [0.15, 0.2) is 0 Å². The number of aromatic nitrogens is 1. The number of nitriles is 1. The van der Waals surface area contributed by atoms with Crippen molar-refractivity contribution >= 4 is 39.1 Å². The lowest BCUT2D eigenvalue weighted by molar-refractivity contribution is 0.102.